The molecule has 2 aromatic rings. The van der Waals surface area contributed by atoms with Crippen LogP contribution in [0.4, 0.5) is 0 Å². The highest BCUT2D eigenvalue weighted by Crippen LogP contribution is 2.31. The Bertz CT molecular complexity index is 605. The molecule has 1 aliphatic carbocycles. The molecule has 2 heterocycles. The highest BCUT2D eigenvalue weighted by molar-refractivity contribution is 5.92. The molecule has 1 N–H and O–H groups in total. The molecule has 110 valence electrons. The maximum Gasteiger partial charge on any atom is 0.272 e. The molecule has 0 aromatic carbocycles. The van der Waals surface area contributed by atoms with Crippen LogP contribution in [-0.4, -0.2) is 30.6 Å². The van der Waals surface area contributed by atoms with Crippen molar-refractivity contribution < 1.29 is 4.79 Å². The van der Waals surface area contributed by atoms with Crippen LogP contribution in [0.15, 0.2) is 24.9 Å². The van der Waals surface area contributed by atoms with Crippen LogP contribution in [0.2, 0.25) is 0 Å². The summed E-state index contributed by atoms with van der Waals surface area (Å²) in [6, 6.07) is 0.230. The van der Waals surface area contributed by atoms with E-state index in [4.69, 9.17) is 0 Å². The molecule has 1 amide bonds. The van der Waals surface area contributed by atoms with Gasteiger partial charge < -0.3 is 9.88 Å². The number of carbonyl (C=O) groups is 1. The van der Waals surface area contributed by atoms with Gasteiger partial charge in [-0.25, -0.2) is 4.98 Å². The Kier molecular flexibility index (Phi) is 3.89. The molecule has 7 heteroatoms. The first-order valence-electron chi connectivity index (χ1n) is 7.22. The van der Waals surface area contributed by atoms with E-state index in [-0.39, 0.29) is 11.9 Å². The molecule has 1 fully saturated rings. The van der Waals surface area contributed by atoms with Gasteiger partial charge in [-0.2, -0.15) is 0 Å². The summed E-state index contributed by atoms with van der Waals surface area (Å²) in [7, 11) is 0. The third-order valence-corrected chi connectivity index (χ3v) is 3.85. The lowest BCUT2D eigenvalue weighted by Gasteiger charge is -2.18. The topological polar surface area (TPSA) is 85.6 Å². The fourth-order valence-corrected chi connectivity index (χ4v) is 2.78. The van der Waals surface area contributed by atoms with Crippen molar-refractivity contribution in [2.45, 2.75) is 44.7 Å². The van der Waals surface area contributed by atoms with Gasteiger partial charge in [0.15, 0.2) is 5.82 Å². The van der Waals surface area contributed by atoms with Crippen LogP contribution in [0.1, 0.15) is 61.0 Å². The minimum atomic E-state index is -0.253. The summed E-state index contributed by atoms with van der Waals surface area (Å²) < 4.78 is 2.09. The fraction of sp³-hybridized carbons (Fsp3) is 0.500. The van der Waals surface area contributed by atoms with Crippen molar-refractivity contribution in [3.63, 3.8) is 0 Å². The number of nitrogens with zero attached hydrogens (tertiary/aromatic N) is 5. The molecule has 0 radical (unpaired) electrons. The maximum absolute atomic E-state index is 12.1. The van der Waals surface area contributed by atoms with Gasteiger partial charge in [-0.05, 0) is 19.8 Å². The molecule has 21 heavy (non-hydrogen) atoms. The Morgan fingerprint density at radius 3 is 2.90 bits per heavy atom. The molecule has 7 nitrogen and oxygen atoms in total. The van der Waals surface area contributed by atoms with E-state index in [1.807, 2.05) is 6.92 Å². The van der Waals surface area contributed by atoms with Gasteiger partial charge in [0.05, 0.1) is 12.2 Å². The zero-order chi connectivity index (χ0) is 14.7. The summed E-state index contributed by atoms with van der Waals surface area (Å²) in [5, 5.41) is 11.1. The summed E-state index contributed by atoms with van der Waals surface area (Å²) in [6.45, 7) is 1.91. The standard InChI is InChI=1S/C14H18N6O/c1-10(18-14(21)12-8-15-6-7-16-12)13-19-17-9-20(13)11-4-2-3-5-11/h6-11H,2-5H2,1H3,(H,18,21). The van der Waals surface area contributed by atoms with Gasteiger partial charge in [-0.1, -0.05) is 12.8 Å². The van der Waals surface area contributed by atoms with E-state index in [1.54, 1.807) is 6.33 Å². The van der Waals surface area contributed by atoms with E-state index in [1.165, 1.54) is 31.4 Å². The van der Waals surface area contributed by atoms with Crippen LogP contribution >= 0.6 is 0 Å². The van der Waals surface area contributed by atoms with Crippen molar-refractivity contribution in [1.29, 1.82) is 0 Å². The van der Waals surface area contributed by atoms with Gasteiger partial charge in [0, 0.05) is 18.4 Å². The third-order valence-electron chi connectivity index (χ3n) is 3.85. The van der Waals surface area contributed by atoms with Crippen molar-refractivity contribution >= 4 is 5.91 Å². The molecule has 1 unspecified atom stereocenters. The molecule has 3 rings (SSSR count). The van der Waals surface area contributed by atoms with Crippen LogP contribution in [0, 0.1) is 0 Å². The lowest BCUT2D eigenvalue weighted by molar-refractivity contribution is 0.0931. The first-order valence-corrected chi connectivity index (χ1v) is 7.22. The van der Waals surface area contributed by atoms with Crippen molar-refractivity contribution in [3.05, 3.63) is 36.4 Å². The van der Waals surface area contributed by atoms with E-state index in [2.05, 4.69) is 30.0 Å². The summed E-state index contributed by atoms with van der Waals surface area (Å²) in [5.74, 6) is 0.538. The summed E-state index contributed by atoms with van der Waals surface area (Å²) in [6.07, 6.45) is 11.0. The molecule has 0 bridgehead atoms. The van der Waals surface area contributed by atoms with Crippen LogP contribution in [-0.2, 0) is 0 Å². The Hall–Kier alpha value is -2.31. The van der Waals surface area contributed by atoms with E-state index in [0.717, 1.165) is 18.7 Å². The quantitative estimate of drug-likeness (QED) is 0.924. The van der Waals surface area contributed by atoms with Crippen LogP contribution in [0.5, 0.6) is 0 Å². The molecule has 1 atom stereocenters. The zero-order valence-electron chi connectivity index (χ0n) is 11.9. The maximum atomic E-state index is 12.1. The Morgan fingerprint density at radius 1 is 1.38 bits per heavy atom. The van der Waals surface area contributed by atoms with Gasteiger partial charge >= 0.3 is 0 Å². The Morgan fingerprint density at radius 2 is 2.19 bits per heavy atom. The predicted molar refractivity (Wildman–Crippen MR) is 75.4 cm³/mol. The van der Waals surface area contributed by atoms with Crippen molar-refractivity contribution in [1.82, 2.24) is 30.0 Å². The first-order chi connectivity index (χ1) is 10.3. The zero-order valence-corrected chi connectivity index (χ0v) is 11.9. The van der Waals surface area contributed by atoms with E-state index >= 15 is 0 Å². The number of carbonyl (C=O) groups excluding carboxylic acids is 1. The van der Waals surface area contributed by atoms with E-state index in [0.29, 0.717) is 11.7 Å². The molecule has 2 aromatic heterocycles. The second kappa shape index (κ2) is 5.99. The van der Waals surface area contributed by atoms with Crippen molar-refractivity contribution in [3.8, 4) is 0 Å². The average molecular weight is 286 g/mol. The predicted octanol–water partition coefficient (Wildman–Crippen LogP) is 1.67. The highest BCUT2D eigenvalue weighted by atomic mass is 16.1. The molecular formula is C14H18N6O. The van der Waals surface area contributed by atoms with Gasteiger partial charge in [0.25, 0.3) is 5.91 Å². The Labute approximate surface area is 122 Å². The summed E-state index contributed by atoms with van der Waals surface area (Å²) >= 11 is 0. The molecule has 0 aliphatic heterocycles. The average Bonchev–Trinajstić information content (AvgIpc) is 3.18. The lowest BCUT2D eigenvalue weighted by Crippen LogP contribution is -2.29. The largest absolute Gasteiger partial charge is 0.341 e. The van der Waals surface area contributed by atoms with Crippen molar-refractivity contribution in [2.75, 3.05) is 0 Å². The number of hydrogen-bond acceptors (Lipinski definition) is 5. The fourth-order valence-electron chi connectivity index (χ4n) is 2.78. The second-order valence-electron chi connectivity index (χ2n) is 5.32. The van der Waals surface area contributed by atoms with E-state index < -0.39 is 0 Å². The van der Waals surface area contributed by atoms with E-state index in [9.17, 15) is 4.79 Å². The molecule has 0 spiro atoms. The molecule has 1 aliphatic rings. The normalized spacial score (nSPS) is 16.8. The number of nitrogens with one attached hydrogen (secondary N) is 1. The third kappa shape index (κ3) is 2.91. The minimum absolute atomic E-state index is 0.220. The van der Waals surface area contributed by atoms with Crippen molar-refractivity contribution in [2.24, 2.45) is 0 Å². The second-order valence-corrected chi connectivity index (χ2v) is 5.32. The van der Waals surface area contributed by atoms with Gasteiger partial charge in [-0.3, -0.25) is 9.78 Å². The smallest absolute Gasteiger partial charge is 0.272 e. The van der Waals surface area contributed by atoms with Gasteiger partial charge in [-0.15, -0.1) is 10.2 Å². The highest BCUT2D eigenvalue weighted by Gasteiger charge is 2.23. The molecular weight excluding hydrogens is 268 g/mol. The summed E-state index contributed by atoms with van der Waals surface area (Å²) in [5.41, 5.74) is 0.302. The van der Waals surface area contributed by atoms with Crippen LogP contribution < -0.4 is 5.32 Å². The Balaban J connectivity index is 1.72. The monoisotopic (exact) mass is 286 g/mol. The number of hydrogen-bond donors (Lipinski definition) is 1. The molecule has 0 saturated heterocycles. The minimum Gasteiger partial charge on any atom is -0.341 e. The summed E-state index contributed by atoms with van der Waals surface area (Å²) in [4.78, 5) is 20.0. The first kappa shape index (κ1) is 13.7. The number of rotatable bonds is 4. The number of aromatic nitrogens is 5. The van der Waals surface area contributed by atoms with Crippen LogP contribution in [0.25, 0.3) is 0 Å². The van der Waals surface area contributed by atoms with Gasteiger partial charge in [0.2, 0.25) is 0 Å². The van der Waals surface area contributed by atoms with Crippen LogP contribution in [0.3, 0.4) is 0 Å². The SMILES string of the molecule is CC(NC(=O)c1cnccn1)c1nncn1C1CCCC1. The lowest BCUT2D eigenvalue weighted by atomic mass is 10.2. The van der Waals surface area contributed by atoms with Gasteiger partial charge in [0.1, 0.15) is 12.0 Å². The molecule has 1 saturated carbocycles. The number of amides is 1.